The standard InChI is InChI=1S/C27H36N2O7/c1-27(2,3)36-26(31)29-15-14-28(25(30)35-19-20-9-7-6-8-10-20)18-21(29)13-16-34-22-11-12-23(32-4)24(17-22)33-5/h6-12,17,21H,13-16,18-19H2,1-5H3/t21-/m1/s1. The first kappa shape index (κ1) is 27.0. The van der Waals surface area contributed by atoms with Gasteiger partial charge >= 0.3 is 12.2 Å². The molecule has 1 aliphatic heterocycles. The number of piperazine rings is 1. The fraction of sp³-hybridized carbons (Fsp3) is 0.481. The van der Waals surface area contributed by atoms with Crippen molar-refractivity contribution in [2.75, 3.05) is 40.5 Å². The van der Waals surface area contributed by atoms with E-state index < -0.39 is 17.8 Å². The average molecular weight is 501 g/mol. The Bertz CT molecular complexity index is 1010. The summed E-state index contributed by atoms with van der Waals surface area (Å²) in [6.45, 7) is 7.04. The number of amides is 2. The molecule has 0 bridgehead atoms. The number of carbonyl (C=O) groups is 2. The topological polar surface area (TPSA) is 86.8 Å². The number of ether oxygens (including phenoxy) is 5. The van der Waals surface area contributed by atoms with Crippen LogP contribution in [-0.2, 0) is 16.1 Å². The van der Waals surface area contributed by atoms with Gasteiger partial charge in [0.1, 0.15) is 18.0 Å². The lowest BCUT2D eigenvalue weighted by Gasteiger charge is -2.41. The smallest absolute Gasteiger partial charge is 0.410 e. The molecule has 0 unspecified atom stereocenters. The van der Waals surface area contributed by atoms with Crippen LogP contribution in [0.3, 0.4) is 0 Å². The summed E-state index contributed by atoms with van der Waals surface area (Å²) in [6, 6.07) is 14.5. The minimum absolute atomic E-state index is 0.193. The molecule has 0 aromatic heterocycles. The van der Waals surface area contributed by atoms with E-state index in [1.165, 1.54) is 0 Å². The van der Waals surface area contributed by atoms with E-state index >= 15 is 0 Å². The second-order valence-corrected chi connectivity index (χ2v) is 9.47. The van der Waals surface area contributed by atoms with Crippen LogP contribution >= 0.6 is 0 Å². The van der Waals surface area contributed by atoms with Gasteiger partial charge in [0.05, 0.1) is 26.9 Å². The maximum atomic E-state index is 12.9. The van der Waals surface area contributed by atoms with Gasteiger partial charge in [-0.2, -0.15) is 0 Å². The Morgan fingerprint density at radius 2 is 1.67 bits per heavy atom. The second kappa shape index (κ2) is 12.4. The van der Waals surface area contributed by atoms with Crippen LogP contribution in [0.25, 0.3) is 0 Å². The lowest BCUT2D eigenvalue weighted by Crippen LogP contribution is -2.57. The van der Waals surface area contributed by atoms with Crippen molar-refractivity contribution in [3.8, 4) is 17.2 Å². The molecule has 2 amide bonds. The fourth-order valence-electron chi connectivity index (χ4n) is 3.86. The predicted molar refractivity (Wildman–Crippen MR) is 135 cm³/mol. The van der Waals surface area contributed by atoms with E-state index in [1.54, 1.807) is 42.2 Å². The number of rotatable bonds is 8. The number of carbonyl (C=O) groups excluding carboxylic acids is 2. The SMILES string of the molecule is COc1ccc(OCC[C@@H]2CN(C(=O)OCc3ccccc3)CCN2C(=O)OC(C)(C)C)cc1OC. The first-order valence-corrected chi connectivity index (χ1v) is 12.0. The third-order valence-electron chi connectivity index (χ3n) is 5.65. The molecule has 0 spiro atoms. The first-order chi connectivity index (χ1) is 17.2. The minimum atomic E-state index is -0.621. The molecule has 9 heteroatoms. The van der Waals surface area contributed by atoms with Crippen molar-refractivity contribution in [1.29, 1.82) is 0 Å². The first-order valence-electron chi connectivity index (χ1n) is 12.0. The van der Waals surface area contributed by atoms with Crippen molar-refractivity contribution < 1.29 is 33.3 Å². The monoisotopic (exact) mass is 500 g/mol. The Morgan fingerprint density at radius 3 is 2.33 bits per heavy atom. The van der Waals surface area contributed by atoms with E-state index in [4.69, 9.17) is 23.7 Å². The molecule has 1 saturated heterocycles. The summed E-state index contributed by atoms with van der Waals surface area (Å²) in [5, 5.41) is 0. The van der Waals surface area contributed by atoms with Gasteiger partial charge in [-0.15, -0.1) is 0 Å². The Kier molecular flexibility index (Phi) is 9.27. The Morgan fingerprint density at radius 1 is 0.944 bits per heavy atom. The quantitative estimate of drug-likeness (QED) is 0.518. The van der Waals surface area contributed by atoms with Crippen LogP contribution in [0.15, 0.2) is 48.5 Å². The molecule has 0 radical (unpaired) electrons. The largest absolute Gasteiger partial charge is 0.493 e. The molecule has 1 atom stereocenters. The molecule has 9 nitrogen and oxygen atoms in total. The Hall–Kier alpha value is -3.62. The molecule has 2 aromatic carbocycles. The second-order valence-electron chi connectivity index (χ2n) is 9.47. The summed E-state index contributed by atoms with van der Waals surface area (Å²) < 4.78 is 27.6. The van der Waals surface area contributed by atoms with Crippen molar-refractivity contribution in [1.82, 2.24) is 9.80 Å². The van der Waals surface area contributed by atoms with E-state index in [-0.39, 0.29) is 12.6 Å². The predicted octanol–water partition coefficient (Wildman–Crippen LogP) is 4.73. The van der Waals surface area contributed by atoms with Gasteiger partial charge in [0.25, 0.3) is 0 Å². The van der Waals surface area contributed by atoms with Crippen molar-refractivity contribution in [3.63, 3.8) is 0 Å². The summed E-state index contributed by atoms with van der Waals surface area (Å²) in [5.41, 5.74) is 0.293. The van der Waals surface area contributed by atoms with Crippen molar-refractivity contribution in [2.45, 2.75) is 45.4 Å². The van der Waals surface area contributed by atoms with Gasteiger partial charge in [-0.05, 0) is 38.5 Å². The van der Waals surface area contributed by atoms with Gasteiger partial charge in [-0.25, -0.2) is 9.59 Å². The van der Waals surface area contributed by atoms with E-state index in [1.807, 2.05) is 51.1 Å². The highest BCUT2D eigenvalue weighted by Crippen LogP contribution is 2.31. The minimum Gasteiger partial charge on any atom is -0.493 e. The zero-order valence-corrected chi connectivity index (χ0v) is 21.7. The van der Waals surface area contributed by atoms with Crippen LogP contribution in [0, 0.1) is 0 Å². The zero-order valence-electron chi connectivity index (χ0n) is 21.7. The normalized spacial score (nSPS) is 15.8. The molecule has 36 heavy (non-hydrogen) atoms. The van der Waals surface area contributed by atoms with E-state index in [0.717, 1.165) is 5.56 Å². The Labute approximate surface area is 212 Å². The van der Waals surface area contributed by atoms with Gasteiger partial charge in [-0.1, -0.05) is 30.3 Å². The number of benzene rings is 2. The summed E-state index contributed by atoms with van der Waals surface area (Å²) >= 11 is 0. The molecule has 1 aliphatic rings. The number of nitrogens with zero attached hydrogens (tertiary/aromatic N) is 2. The van der Waals surface area contributed by atoms with E-state index in [0.29, 0.717) is 49.9 Å². The molecular weight excluding hydrogens is 464 g/mol. The summed E-state index contributed by atoms with van der Waals surface area (Å²) in [6.07, 6.45) is -0.319. The van der Waals surface area contributed by atoms with Crippen LogP contribution in [-0.4, -0.2) is 74.1 Å². The third kappa shape index (κ3) is 7.69. The number of methoxy groups -OCH3 is 2. The van der Waals surface area contributed by atoms with Crippen molar-refractivity contribution in [2.24, 2.45) is 0 Å². The maximum Gasteiger partial charge on any atom is 0.410 e. The highest BCUT2D eigenvalue weighted by atomic mass is 16.6. The molecule has 0 saturated carbocycles. The van der Waals surface area contributed by atoms with Gasteiger partial charge in [0.15, 0.2) is 11.5 Å². The highest BCUT2D eigenvalue weighted by molar-refractivity contribution is 5.71. The van der Waals surface area contributed by atoms with E-state index in [9.17, 15) is 9.59 Å². The summed E-state index contributed by atoms with van der Waals surface area (Å²) in [5.74, 6) is 1.79. The molecule has 196 valence electrons. The molecule has 3 rings (SSSR count). The zero-order chi connectivity index (χ0) is 26.1. The summed E-state index contributed by atoms with van der Waals surface area (Å²) in [7, 11) is 3.14. The number of hydrogen-bond donors (Lipinski definition) is 0. The maximum absolute atomic E-state index is 12.9. The molecule has 1 fully saturated rings. The molecule has 2 aromatic rings. The van der Waals surface area contributed by atoms with E-state index in [2.05, 4.69) is 0 Å². The van der Waals surface area contributed by atoms with Crippen LogP contribution in [0.4, 0.5) is 9.59 Å². The lowest BCUT2D eigenvalue weighted by atomic mass is 10.1. The van der Waals surface area contributed by atoms with Crippen LogP contribution in [0.5, 0.6) is 17.2 Å². The van der Waals surface area contributed by atoms with Crippen molar-refractivity contribution >= 4 is 12.2 Å². The molecule has 0 aliphatic carbocycles. The van der Waals surface area contributed by atoms with Gasteiger partial charge in [-0.3, -0.25) is 0 Å². The molecule has 0 N–H and O–H groups in total. The van der Waals surface area contributed by atoms with Gasteiger partial charge in [0.2, 0.25) is 0 Å². The van der Waals surface area contributed by atoms with Crippen molar-refractivity contribution in [3.05, 3.63) is 54.1 Å². The van der Waals surface area contributed by atoms with Crippen LogP contribution < -0.4 is 14.2 Å². The fourth-order valence-corrected chi connectivity index (χ4v) is 3.86. The molecule has 1 heterocycles. The van der Waals surface area contributed by atoms with Crippen LogP contribution in [0.2, 0.25) is 0 Å². The van der Waals surface area contributed by atoms with Gasteiger partial charge in [0, 0.05) is 32.1 Å². The lowest BCUT2D eigenvalue weighted by molar-refractivity contribution is -0.00614. The molecular formula is C27H36N2O7. The van der Waals surface area contributed by atoms with Crippen LogP contribution in [0.1, 0.15) is 32.8 Å². The Balaban J connectivity index is 1.63. The third-order valence-corrected chi connectivity index (χ3v) is 5.65. The number of hydrogen-bond acceptors (Lipinski definition) is 7. The highest BCUT2D eigenvalue weighted by Gasteiger charge is 2.35. The average Bonchev–Trinajstić information content (AvgIpc) is 2.86. The summed E-state index contributed by atoms with van der Waals surface area (Å²) in [4.78, 5) is 29.0. The van der Waals surface area contributed by atoms with Gasteiger partial charge < -0.3 is 33.5 Å².